The van der Waals surface area contributed by atoms with E-state index in [0.29, 0.717) is 42.1 Å². The van der Waals surface area contributed by atoms with Crippen LogP contribution in [0.25, 0.3) is 0 Å². The van der Waals surface area contributed by atoms with Gasteiger partial charge in [0.1, 0.15) is 11.3 Å². The summed E-state index contributed by atoms with van der Waals surface area (Å²) in [5.74, 6) is 1.22. The van der Waals surface area contributed by atoms with Gasteiger partial charge in [-0.1, -0.05) is 30.8 Å². The third-order valence-corrected chi connectivity index (χ3v) is 5.56. The Hall–Kier alpha value is -3.25. The van der Waals surface area contributed by atoms with Crippen molar-refractivity contribution in [2.24, 2.45) is 0 Å². The summed E-state index contributed by atoms with van der Waals surface area (Å²) in [7, 11) is 0. The molecule has 0 fully saturated rings. The van der Waals surface area contributed by atoms with Gasteiger partial charge in [0.05, 0.1) is 12.1 Å². The minimum atomic E-state index is -0.958. The quantitative estimate of drug-likeness (QED) is 0.190. The molecule has 2 aromatic rings. The maximum absolute atomic E-state index is 11.9. The molecule has 184 valence electrons. The number of rotatable bonds is 10. The number of thioether (sulfide) groups is 1. The summed E-state index contributed by atoms with van der Waals surface area (Å²) in [6, 6.07) is 6.71. The van der Waals surface area contributed by atoms with Gasteiger partial charge >= 0.3 is 12.1 Å². The summed E-state index contributed by atoms with van der Waals surface area (Å²) in [5.41, 5.74) is 7.50. The molecule has 1 aromatic heterocycles. The summed E-state index contributed by atoms with van der Waals surface area (Å²) in [5, 5.41) is 17.6. The average Bonchev–Trinajstić information content (AvgIpc) is 3.17. The van der Waals surface area contributed by atoms with E-state index in [1.165, 1.54) is 0 Å². The van der Waals surface area contributed by atoms with E-state index in [9.17, 15) is 9.59 Å². The van der Waals surface area contributed by atoms with Crippen molar-refractivity contribution in [3.05, 3.63) is 35.4 Å². The van der Waals surface area contributed by atoms with Gasteiger partial charge in [0, 0.05) is 18.8 Å². The van der Waals surface area contributed by atoms with Gasteiger partial charge in [-0.15, -0.1) is 5.53 Å². The lowest BCUT2D eigenvalue weighted by atomic mass is 10.1. The van der Waals surface area contributed by atoms with Gasteiger partial charge in [0.25, 0.3) is 0 Å². The van der Waals surface area contributed by atoms with Crippen LogP contribution in [0.4, 0.5) is 22.1 Å². The van der Waals surface area contributed by atoms with E-state index in [2.05, 4.69) is 33.5 Å². The van der Waals surface area contributed by atoms with E-state index in [-0.39, 0.29) is 5.56 Å². The van der Waals surface area contributed by atoms with Crippen molar-refractivity contribution in [2.45, 2.75) is 51.4 Å². The van der Waals surface area contributed by atoms with Gasteiger partial charge in [-0.2, -0.15) is 0 Å². The maximum Gasteiger partial charge on any atom is 0.407 e. The fourth-order valence-electron chi connectivity index (χ4n) is 3.01. The smallest absolute Gasteiger partial charge is 0.407 e. The number of anilines is 3. The number of nitrogens with zero attached hydrogens (tertiary/aromatic N) is 3. The highest BCUT2D eigenvalue weighted by Crippen LogP contribution is 2.35. The maximum atomic E-state index is 11.9. The average molecular weight is 490 g/mol. The Kier molecular flexibility index (Phi) is 8.40. The lowest BCUT2D eigenvalue weighted by Crippen LogP contribution is -2.35. The standard InChI is InChI=1S/C22H31N7O4S/c1-5-12-34-20-25-17(23-10-11-24-21(32)33-22(2,3)4)16-18(26-20)29(28-27-16)13-14-6-8-15(9-7-14)19(30)31/h6-9,27-28H,5,10-13H2,1-4H3,(H,24,32)(H,30,31)(H,23,25,26). The van der Waals surface area contributed by atoms with E-state index >= 15 is 0 Å². The summed E-state index contributed by atoms with van der Waals surface area (Å²) in [6.45, 7) is 8.81. The normalized spacial score (nSPS) is 12.6. The molecule has 0 spiro atoms. The Morgan fingerprint density at radius 3 is 2.56 bits per heavy atom. The van der Waals surface area contributed by atoms with Crippen LogP contribution in [0.2, 0.25) is 0 Å². The number of aromatic nitrogens is 2. The molecule has 0 radical (unpaired) electrons. The van der Waals surface area contributed by atoms with Crippen molar-refractivity contribution >= 4 is 41.1 Å². The zero-order valence-electron chi connectivity index (χ0n) is 19.8. The molecule has 5 N–H and O–H groups in total. The van der Waals surface area contributed by atoms with Crippen molar-refractivity contribution in [3.8, 4) is 0 Å². The van der Waals surface area contributed by atoms with Crippen LogP contribution in [0.1, 0.15) is 50.0 Å². The number of benzene rings is 1. The Bertz CT molecular complexity index is 1010. The zero-order chi connectivity index (χ0) is 24.7. The third kappa shape index (κ3) is 7.12. The molecule has 0 aliphatic carbocycles. The summed E-state index contributed by atoms with van der Waals surface area (Å²) >= 11 is 1.57. The Morgan fingerprint density at radius 1 is 1.18 bits per heavy atom. The van der Waals surface area contributed by atoms with E-state index < -0.39 is 17.7 Å². The molecule has 1 aromatic carbocycles. The van der Waals surface area contributed by atoms with Gasteiger partial charge in [-0.05, 0) is 44.9 Å². The zero-order valence-corrected chi connectivity index (χ0v) is 20.6. The number of alkyl carbamates (subject to hydrolysis) is 1. The largest absolute Gasteiger partial charge is 0.478 e. The van der Waals surface area contributed by atoms with Crippen LogP contribution in [0.5, 0.6) is 0 Å². The Labute approximate surface area is 203 Å². The number of hydrogen-bond donors (Lipinski definition) is 5. The number of carbonyl (C=O) groups is 2. The number of amides is 1. The molecule has 0 unspecified atom stereocenters. The summed E-state index contributed by atoms with van der Waals surface area (Å²) < 4.78 is 5.25. The number of ether oxygens (including phenoxy) is 1. The molecule has 0 saturated heterocycles. The van der Waals surface area contributed by atoms with Gasteiger partial charge in [-0.25, -0.2) is 19.6 Å². The molecule has 3 rings (SSSR count). The second-order valence-electron chi connectivity index (χ2n) is 8.58. The monoisotopic (exact) mass is 489 g/mol. The Morgan fingerprint density at radius 2 is 1.91 bits per heavy atom. The number of fused-ring (bicyclic) bond motifs is 1. The van der Waals surface area contributed by atoms with Crippen LogP contribution in [0, 0.1) is 0 Å². The first-order valence-electron chi connectivity index (χ1n) is 11.0. The molecule has 11 nitrogen and oxygen atoms in total. The number of hydrogen-bond acceptors (Lipinski definition) is 10. The van der Waals surface area contributed by atoms with E-state index in [4.69, 9.17) is 14.8 Å². The predicted molar refractivity (Wildman–Crippen MR) is 132 cm³/mol. The minimum Gasteiger partial charge on any atom is -0.478 e. The van der Waals surface area contributed by atoms with Gasteiger partial charge in [-0.3, -0.25) is 10.4 Å². The minimum absolute atomic E-state index is 0.240. The van der Waals surface area contributed by atoms with Crippen LogP contribution in [0.15, 0.2) is 29.4 Å². The highest BCUT2D eigenvalue weighted by molar-refractivity contribution is 7.99. The molecule has 1 aliphatic rings. The fraction of sp³-hybridized carbons (Fsp3) is 0.455. The number of carboxylic acid groups (broad SMARTS) is 1. The molecule has 12 heteroatoms. The molecule has 1 amide bonds. The molecule has 0 saturated carbocycles. The van der Waals surface area contributed by atoms with Gasteiger partial charge in [0.15, 0.2) is 16.8 Å². The van der Waals surface area contributed by atoms with Crippen LogP contribution >= 0.6 is 11.8 Å². The van der Waals surface area contributed by atoms with E-state index in [1.807, 2.05) is 25.8 Å². The first-order chi connectivity index (χ1) is 16.2. The van der Waals surface area contributed by atoms with E-state index in [0.717, 1.165) is 17.7 Å². The lowest BCUT2D eigenvalue weighted by molar-refractivity contribution is 0.0529. The second kappa shape index (κ2) is 11.3. The molecule has 2 heterocycles. The van der Waals surface area contributed by atoms with Crippen LogP contribution in [-0.4, -0.2) is 51.6 Å². The first-order valence-corrected chi connectivity index (χ1v) is 12.0. The van der Waals surface area contributed by atoms with Crippen molar-refractivity contribution in [2.75, 3.05) is 34.6 Å². The van der Waals surface area contributed by atoms with Gasteiger partial charge in [0.2, 0.25) is 0 Å². The predicted octanol–water partition coefficient (Wildman–Crippen LogP) is 3.47. The third-order valence-electron chi connectivity index (χ3n) is 4.50. The van der Waals surface area contributed by atoms with Crippen LogP contribution < -0.4 is 26.6 Å². The highest BCUT2D eigenvalue weighted by Gasteiger charge is 2.26. The van der Waals surface area contributed by atoms with Crippen LogP contribution in [0.3, 0.4) is 0 Å². The number of carbonyl (C=O) groups excluding carboxylic acids is 1. The molecule has 34 heavy (non-hydrogen) atoms. The number of hydrazine groups is 2. The highest BCUT2D eigenvalue weighted by atomic mass is 32.2. The van der Waals surface area contributed by atoms with Crippen molar-refractivity contribution in [1.82, 2.24) is 20.8 Å². The topological polar surface area (TPSA) is 141 Å². The number of carboxylic acids is 1. The lowest BCUT2D eigenvalue weighted by Gasteiger charge is -2.20. The molecular weight excluding hydrogens is 458 g/mol. The SMILES string of the molecule is CCCSc1nc(NCCNC(=O)OC(C)(C)C)c2c(n1)N(Cc1ccc(C(=O)O)cc1)NN2. The van der Waals surface area contributed by atoms with E-state index in [1.54, 1.807) is 36.0 Å². The molecule has 0 bridgehead atoms. The fourth-order valence-corrected chi connectivity index (χ4v) is 3.70. The summed E-state index contributed by atoms with van der Waals surface area (Å²) in [6.07, 6.45) is 0.519. The van der Waals surface area contributed by atoms with Crippen molar-refractivity contribution < 1.29 is 19.4 Å². The van der Waals surface area contributed by atoms with Crippen molar-refractivity contribution in [1.29, 1.82) is 0 Å². The first kappa shape index (κ1) is 25.4. The van der Waals surface area contributed by atoms with Crippen molar-refractivity contribution in [3.63, 3.8) is 0 Å². The van der Waals surface area contributed by atoms with Gasteiger partial charge < -0.3 is 20.5 Å². The summed E-state index contributed by atoms with van der Waals surface area (Å²) in [4.78, 5) is 32.3. The number of aromatic carboxylic acids is 1. The Balaban J connectivity index is 1.70. The number of nitrogens with one attached hydrogen (secondary N) is 4. The molecular formula is C22H31N7O4S. The van der Waals surface area contributed by atoms with Crippen LogP contribution in [-0.2, 0) is 11.3 Å². The second-order valence-corrected chi connectivity index (χ2v) is 9.64. The molecule has 0 atom stereocenters. The molecule has 1 aliphatic heterocycles.